The van der Waals surface area contributed by atoms with Crippen LogP contribution in [0.3, 0.4) is 0 Å². The maximum atomic E-state index is 12.6. The summed E-state index contributed by atoms with van der Waals surface area (Å²) in [4.78, 5) is 15.0. The molecule has 0 bridgehead atoms. The summed E-state index contributed by atoms with van der Waals surface area (Å²) in [5.74, 6) is 0.0168. The number of ether oxygens (including phenoxy) is 1. The highest BCUT2D eigenvalue weighted by atomic mass is 35.5. The van der Waals surface area contributed by atoms with Gasteiger partial charge in [0.1, 0.15) is 0 Å². The zero-order chi connectivity index (χ0) is 18.1. The van der Waals surface area contributed by atoms with Gasteiger partial charge in [-0.1, -0.05) is 41.9 Å². The summed E-state index contributed by atoms with van der Waals surface area (Å²) in [5.41, 5.74) is 2.92. The van der Waals surface area contributed by atoms with Crippen LogP contribution in [-0.2, 0) is 4.74 Å². The van der Waals surface area contributed by atoms with E-state index in [-0.39, 0.29) is 18.1 Å². The van der Waals surface area contributed by atoms with Crippen molar-refractivity contribution in [3.63, 3.8) is 0 Å². The minimum atomic E-state index is 0.0168. The maximum absolute atomic E-state index is 12.6. The molecule has 1 amide bonds. The van der Waals surface area contributed by atoms with Crippen LogP contribution in [0.2, 0.25) is 5.02 Å². The van der Waals surface area contributed by atoms with Crippen LogP contribution in [0.25, 0.3) is 0 Å². The molecule has 136 valence electrons. The number of amides is 1. The van der Waals surface area contributed by atoms with E-state index in [1.165, 1.54) is 0 Å². The second-order valence-electron chi connectivity index (χ2n) is 7.20. The quantitative estimate of drug-likeness (QED) is 0.897. The average molecular weight is 371 g/mol. The van der Waals surface area contributed by atoms with Gasteiger partial charge in [0.05, 0.1) is 12.7 Å². The van der Waals surface area contributed by atoms with Crippen molar-refractivity contribution in [2.75, 3.05) is 19.7 Å². The van der Waals surface area contributed by atoms with Gasteiger partial charge in [-0.25, -0.2) is 0 Å². The summed E-state index contributed by atoms with van der Waals surface area (Å²) in [6, 6.07) is 16.1. The number of morpholine rings is 1. The smallest absolute Gasteiger partial charge is 0.251 e. The fourth-order valence-electron chi connectivity index (χ4n) is 3.95. The molecule has 2 aromatic rings. The molecule has 2 fully saturated rings. The Labute approximate surface area is 159 Å². The molecule has 2 aromatic carbocycles. The number of hydrogen-bond donors (Lipinski definition) is 1. The molecule has 0 aromatic heterocycles. The Bertz CT molecular complexity index is 793. The first-order valence-corrected chi connectivity index (χ1v) is 9.45. The third-order valence-electron chi connectivity index (χ3n) is 5.38. The van der Waals surface area contributed by atoms with Crippen LogP contribution in [0.1, 0.15) is 34.0 Å². The van der Waals surface area contributed by atoms with Crippen LogP contribution < -0.4 is 5.32 Å². The number of hydrogen-bond acceptors (Lipinski definition) is 3. The summed E-state index contributed by atoms with van der Waals surface area (Å²) in [5, 5.41) is 3.94. The number of fused-ring (bicyclic) bond motifs is 1. The summed E-state index contributed by atoms with van der Waals surface area (Å²) < 4.78 is 6.08. The number of benzene rings is 2. The van der Waals surface area contributed by atoms with Crippen LogP contribution >= 0.6 is 11.6 Å². The number of halogens is 1. The van der Waals surface area contributed by atoms with Gasteiger partial charge in [-0.05, 0) is 42.7 Å². The highest BCUT2D eigenvalue weighted by molar-refractivity contribution is 6.30. The highest BCUT2D eigenvalue weighted by Gasteiger charge is 2.38. The van der Waals surface area contributed by atoms with Gasteiger partial charge in [0, 0.05) is 35.8 Å². The Morgan fingerprint density at radius 2 is 1.92 bits per heavy atom. The van der Waals surface area contributed by atoms with Crippen molar-refractivity contribution in [2.24, 2.45) is 0 Å². The van der Waals surface area contributed by atoms with E-state index < -0.39 is 0 Å². The van der Waals surface area contributed by atoms with Crippen LogP contribution in [0.5, 0.6) is 0 Å². The second kappa shape index (κ2) is 7.39. The summed E-state index contributed by atoms with van der Waals surface area (Å²) >= 11 is 5.98. The standard InChI is InChI=1S/C21H23ClN2O2/c1-14-4-2-3-5-19(14)21(25)23-17-10-18-13-26-20(12-24(18)11-17)15-6-8-16(22)9-7-15/h2-9,17-18,20H,10-13H2,1H3,(H,23,25)/t17-,18-,20+/m0/s1. The Morgan fingerprint density at radius 3 is 2.69 bits per heavy atom. The van der Waals surface area contributed by atoms with Crippen molar-refractivity contribution in [2.45, 2.75) is 31.5 Å². The fourth-order valence-corrected chi connectivity index (χ4v) is 4.07. The van der Waals surface area contributed by atoms with Crippen molar-refractivity contribution in [3.05, 3.63) is 70.2 Å². The fraction of sp³-hybridized carbons (Fsp3) is 0.381. The topological polar surface area (TPSA) is 41.6 Å². The summed E-state index contributed by atoms with van der Waals surface area (Å²) in [6.07, 6.45) is 1.000. The average Bonchev–Trinajstić information content (AvgIpc) is 3.04. The Balaban J connectivity index is 1.38. The van der Waals surface area contributed by atoms with Crippen molar-refractivity contribution >= 4 is 17.5 Å². The van der Waals surface area contributed by atoms with E-state index >= 15 is 0 Å². The molecule has 26 heavy (non-hydrogen) atoms. The Kier molecular flexibility index (Phi) is 4.98. The zero-order valence-electron chi connectivity index (χ0n) is 14.8. The normalized spacial score (nSPS) is 25.7. The first kappa shape index (κ1) is 17.5. The summed E-state index contributed by atoms with van der Waals surface area (Å²) in [6.45, 7) is 4.39. The number of nitrogens with zero attached hydrogens (tertiary/aromatic N) is 1. The SMILES string of the molecule is Cc1ccccc1C(=O)N[C@H]1C[C@H]2CO[C@@H](c3ccc(Cl)cc3)CN2C1. The molecule has 0 aliphatic carbocycles. The lowest BCUT2D eigenvalue weighted by Gasteiger charge is -2.35. The van der Waals surface area contributed by atoms with E-state index in [4.69, 9.17) is 16.3 Å². The number of carbonyl (C=O) groups excluding carboxylic acids is 1. The van der Waals surface area contributed by atoms with E-state index in [1.807, 2.05) is 55.5 Å². The van der Waals surface area contributed by atoms with E-state index in [2.05, 4.69) is 10.2 Å². The largest absolute Gasteiger partial charge is 0.371 e. The molecule has 2 heterocycles. The van der Waals surface area contributed by atoms with Gasteiger partial charge in [-0.2, -0.15) is 0 Å². The molecule has 2 aliphatic heterocycles. The Morgan fingerprint density at radius 1 is 1.15 bits per heavy atom. The van der Waals surface area contributed by atoms with Crippen molar-refractivity contribution in [1.29, 1.82) is 0 Å². The van der Waals surface area contributed by atoms with E-state index in [1.54, 1.807) is 0 Å². The third-order valence-corrected chi connectivity index (χ3v) is 5.64. The van der Waals surface area contributed by atoms with Gasteiger partial charge in [-0.3, -0.25) is 9.69 Å². The molecule has 2 saturated heterocycles. The molecule has 2 aliphatic rings. The number of nitrogens with one attached hydrogen (secondary N) is 1. The van der Waals surface area contributed by atoms with Crippen LogP contribution in [0.15, 0.2) is 48.5 Å². The first-order chi connectivity index (χ1) is 12.6. The lowest BCUT2D eigenvalue weighted by atomic mass is 10.1. The first-order valence-electron chi connectivity index (χ1n) is 9.08. The van der Waals surface area contributed by atoms with E-state index in [0.717, 1.165) is 41.2 Å². The van der Waals surface area contributed by atoms with Crippen molar-refractivity contribution < 1.29 is 9.53 Å². The lowest BCUT2D eigenvalue weighted by molar-refractivity contribution is -0.0502. The second-order valence-corrected chi connectivity index (χ2v) is 7.64. The number of rotatable bonds is 3. The predicted molar refractivity (Wildman–Crippen MR) is 103 cm³/mol. The minimum Gasteiger partial charge on any atom is -0.371 e. The molecule has 5 heteroatoms. The number of carbonyl (C=O) groups is 1. The highest BCUT2D eigenvalue weighted by Crippen LogP contribution is 2.31. The molecule has 4 rings (SSSR count). The molecule has 3 atom stereocenters. The molecule has 4 nitrogen and oxygen atoms in total. The molecule has 1 N–H and O–H groups in total. The van der Waals surface area contributed by atoms with Gasteiger partial charge in [0.15, 0.2) is 0 Å². The summed E-state index contributed by atoms with van der Waals surface area (Å²) in [7, 11) is 0. The molecule has 0 radical (unpaired) electrons. The maximum Gasteiger partial charge on any atom is 0.251 e. The molecular weight excluding hydrogens is 348 g/mol. The lowest BCUT2D eigenvalue weighted by Crippen LogP contribution is -2.43. The molecule has 0 saturated carbocycles. The van der Waals surface area contributed by atoms with Gasteiger partial charge < -0.3 is 10.1 Å². The molecule has 0 spiro atoms. The van der Waals surface area contributed by atoms with E-state index in [0.29, 0.717) is 12.6 Å². The zero-order valence-corrected chi connectivity index (χ0v) is 15.6. The van der Waals surface area contributed by atoms with Crippen molar-refractivity contribution in [3.8, 4) is 0 Å². The molecule has 0 unspecified atom stereocenters. The molecular formula is C21H23ClN2O2. The third kappa shape index (κ3) is 3.63. The van der Waals surface area contributed by atoms with E-state index in [9.17, 15) is 4.79 Å². The van der Waals surface area contributed by atoms with Crippen LogP contribution in [-0.4, -0.2) is 42.6 Å². The van der Waals surface area contributed by atoms with Crippen molar-refractivity contribution in [1.82, 2.24) is 10.2 Å². The Hall–Kier alpha value is -1.88. The predicted octanol–water partition coefficient (Wildman–Crippen LogP) is 3.59. The monoisotopic (exact) mass is 370 g/mol. The minimum absolute atomic E-state index is 0.0168. The van der Waals surface area contributed by atoms with Crippen LogP contribution in [0.4, 0.5) is 0 Å². The van der Waals surface area contributed by atoms with Crippen LogP contribution in [0, 0.1) is 6.92 Å². The van der Waals surface area contributed by atoms with Gasteiger partial charge in [0.25, 0.3) is 5.91 Å². The number of aryl methyl sites for hydroxylation is 1. The van der Waals surface area contributed by atoms with Gasteiger partial charge >= 0.3 is 0 Å². The van der Waals surface area contributed by atoms with Gasteiger partial charge in [-0.15, -0.1) is 0 Å². The van der Waals surface area contributed by atoms with Gasteiger partial charge in [0.2, 0.25) is 0 Å².